The number of hydrogen-bond acceptors (Lipinski definition) is 4. The number of nitrogens with zero attached hydrogens (tertiary/aromatic N) is 1. The van der Waals surface area contributed by atoms with Crippen molar-refractivity contribution in [3.8, 4) is 11.5 Å². The number of para-hydroxylation sites is 4. The Kier molecular flexibility index (Phi) is 5.98. The molecule has 1 unspecified atom stereocenters. The monoisotopic (exact) mass is 390 g/mol. The van der Waals surface area contributed by atoms with Gasteiger partial charge in [-0.2, -0.15) is 0 Å². The highest BCUT2D eigenvalue weighted by Crippen LogP contribution is 2.29. The summed E-state index contributed by atoms with van der Waals surface area (Å²) in [5.41, 5.74) is 2.29. The molecule has 4 aromatic rings. The number of benzene rings is 3. The van der Waals surface area contributed by atoms with Gasteiger partial charge in [0.25, 0.3) is 0 Å². The Morgan fingerprint density at radius 3 is 2.10 bits per heavy atom. The fraction of sp³-hybridized carbons (Fsp3) is 0.250. The molecule has 3 aromatic carbocycles. The van der Waals surface area contributed by atoms with Crippen molar-refractivity contribution < 1.29 is 14.6 Å². The lowest BCUT2D eigenvalue weighted by atomic mass is 10.2. The molecule has 0 saturated carbocycles. The SMILES string of the molecule is COc1ccccc1OCCNCC(O)Cn1c2ccccc2c2ccccc21. The molecule has 29 heavy (non-hydrogen) atoms. The van der Waals surface area contributed by atoms with Crippen LogP contribution in [0.1, 0.15) is 0 Å². The van der Waals surface area contributed by atoms with E-state index in [1.165, 1.54) is 10.8 Å². The first-order chi connectivity index (χ1) is 14.3. The van der Waals surface area contributed by atoms with Crippen LogP contribution < -0.4 is 14.8 Å². The van der Waals surface area contributed by atoms with E-state index in [0.717, 1.165) is 22.5 Å². The number of hydrogen-bond donors (Lipinski definition) is 2. The second kappa shape index (κ2) is 8.99. The lowest BCUT2D eigenvalue weighted by Crippen LogP contribution is -2.32. The van der Waals surface area contributed by atoms with E-state index in [-0.39, 0.29) is 0 Å². The second-order valence-corrected chi connectivity index (χ2v) is 7.00. The second-order valence-electron chi connectivity index (χ2n) is 7.00. The average Bonchev–Trinajstić information content (AvgIpc) is 3.08. The Hall–Kier alpha value is -3.02. The topological polar surface area (TPSA) is 55.6 Å². The molecule has 5 nitrogen and oxygen atoms in total. The van der Waals surface area contributed by atoms with Crippen LogP contribution in [0.15, 0.2) is 72.8 Å². The molecule has 5 heteroatoms. The van der Waals surface area contributed by atoms with E-state index in [1.54, 1.807) is 7.11 Å². The largest absolute Gasteiger partial charge is 0.493 e. The van der Waals surface area contributed by atoms with Gasteiger partial charge in [-0.15, -0.1) is 0 Å². The predicted molar refractivity (Wildman–Crippen MR) is 117 cm³/mol. The summed E-state index contributed by atoms with van der Waals surface area (Å²) < 4.78 is 13.2. The molecule has 0 fully saturated rings. The number of rotatable bonds is 9. The van der Waals surface area contributed by atoms with Gasteiger partial charge in [-0.1, -0.05) is 48.5 Å². The van der Waals surface area contributed by atoms with Gasteiger partial charge in [-0.3, -0.25) is 0 Å². The summed E-state index contributed by atoms with van der Waals surface area (Å²) in [5, 5.41) is 16.3. The van der Waals surface area contributed by atoms with E-state index in [0.29, 0.717) is 26.2 Å². The third kappa shape index (κ3) is 4.21. The maximum Gasteiger partial charge on any atom is 0.161 e. The highest BCUT2D eigenvalue weighted by atomic mass is 16.5. The van der Waals surface area contributed by atoms with Gasteiger partial charge in [0.05, 0.1) is 19.8 Å². The molecule has 0 radical (unpaired) electrons. The first-order valence-electron chi connectivity index (χ1n) is 9.88. The molecule has 0 amide bonds. The number of aromatic nitrogens is 1. The van der Waals surface area contributed by atoms with Gasteiger partial charge in [-0.25, -0.2) is 0 Å². The smallest absolute Gasteiger partial charge is 0.161 e. The third-order valence-corrected chi connectivity index (χ3v) is 5.06. The van der Waals surface area contributed by atoms with Crippen molar-refractivity contribution in [2.75, 3.05) is 26.8 Å². The highest BCUT2D eigenvalue weighted by molar-refractivity contribution is 6.07. The zero-order chi connectivity index (χ0) is 20.1. The number of aliphatic hydroxyl groups is 1. The van der Waals surface area contributed by atoms with Crippen molar-refractivity contribution in [2.45, 2.75) is 12.6 Å². The van der Waals surface area contributed by atoms with Crippen molar-refractivity contribution in [2.24, 2.45) is 0 Å². The average molecular weight is 390 g/mol. The predicted octanol–water partition coefficient (Wildman–Crippen LogP) is 3.83. The number of fused-ring (bicyclic) bond motifs is 3. The van der Waals surface area contributed by atoms with Gasteiger partial charge in [0.1, 0.15) is 6.61 Å². The van der Waals surface area contributed by atoms with Crippen molar-refractivity contribution in [3.05, 3.63) is 72.8 Å². The van der Waals surface area contributed by atoms with Crippen LogP contribution in [0.2, 0.25) is 0 Å². The van der Waals surface area contributed by atoms with Gasteiger partial charge in [0.15, 0.2) is 11.5 Å². The lowest BCUT2D eigenvalue weighted by molar-refractivity contribution is 0.152. The van der Waals surface area contributed by atoms with E-state index in [4.69, 9.17) is 9.47 Å². The van der Waals surface area contributed by atoms with Crippen molar-refractivity contribution >= 4 is 21.8 Å². The minimum atomic E-state index is -0.500. The Balaban J connectivity index is 1.34. The molecule has 0 bridgehead atoms. The fourth-order valence-electron chi connectivity index (χ4n) is 3.72. The molecule has 1 aromatic heterocycles. The molecular weight excluding hydrogens is 364 g/mol. The summed E-state index contributed by atoms with van der Waals surface area (Å²) in [7, 11) is 1.63. The quantitative estimate of drug-likeness (QED) is 0.427. The van der Waals surface area contributed by atoms with Gasteiger partial charge in [0.2, 0.25) is 0 Å². The van der Waals surface area contributed by atoms with Gasteiger partial charge < -0.3 is 24.5 Å². The molecule has 4 rings (SSSR count). The van der Waals surface area contributed by atoms with Crippen LogP contribution in [0.25, 0.3) is 21.8 Å². The molecule has 0 saturated heterocycles. The molecule has 0 spiro atoms. The third-order valence-electron chi connectivity index (χ3n) is 5.06. The van der Waals surface area contributed by atoms with Crippen molar-refractivity contribution in [3.63, 3.8) is 0 Å². The summed E-state index contributed by atoms with van der Waals surface area (Å²) in [5.74, 6) is 1.45. The lowest BCUT2D eigenvalue weighted by Gasteiger charge is -2.15. The minimum absolute atomic E-state index is 0.496. The molecule has 1 heterocycles. The van der Waals surface area contributed by atoms with Gasteiger partial charge in [0, 0.05) is 34.9 Å². The molecule has 2 N–H and O–H groups in total. The van der Waals surface area contributed by atoms with Crippen LogP contribution in [-0.4, -0.2) is 42.6 Å². The molecule has 0 aliphatic rings. The van der Waals surface area contributed by atoms with Crippen LogP contribution in [0.5, 0.6) is 11.5 Å². The molecular formula is C24H26N2O3. The Bertz CT molecular complexity index is 1040. The van der Waals surface area contributed by atoms with E-state index in [1.807, 2.05) is 36.4 Å². The van der Waals surface area contributed by atoms with Crippen LogP contribution in [-0.2, 0) is 6.54 Å². The zero-order valence-electron chi connectivity index (χ0n) is 16.5. The molecule has 150 valence electrons. The molecule has 0 aliphatic carbocycles. The zero-order valence-corrected chi connectivity index (χ0v) is 16.5. The summed E-state index contributed by atoms with van der Waals surface area (Å²) in [4.78, 5) is 0. The maximum absolute atomic E-state index is 10.6. The first-order valence-corrected chi connectivity index (χ1v) is 9.88. The summed E-state index contributed by atoms with van der Waals surface area (Å²) in [6, 6.07) is 24.3. The van der Waals surface area contributed by atoms with E-state index in [9.17, 15) is 5.11 Å². The standard InChI is InChI=1S/C24H26N2O3/c1-28-23-12-6-7-13-24(23)29-15-14-25-16-18(27)17-26-21-10-4-2-8-19(21)20-9-3-5-11-22(20)26/h2-13,18,25,27H,14-17H2,1H3. The van der Waals surface area contributed by atoms with Crippen LogP contribution in [0, 0.1) is 0 Å². The van der Waals surface area contributed by atoms with Crippen molar-refractivity contribution in [1.29, 1.82) is 0 Å². The number of aliphatic hydroxyl groups excluding tert-OH is 1. The number of nitrogens with one attached hydrogen (secondary N) is 1. The maximum atomic E-state index is 10.6. The number of ether oxygens (including phenoxy) is 2. The molecule has 0 aliphatic heterocycles. The van der Waals surface area contributed by atoms with E-state index >= 15 is 0 Å². The fourth-order valence-corrected chi connectivity index (χ4v) is 3.72. The van der Waals surface area contributed by atoms with Gasteiger partial charge >= 0.3 is 0 Å². The number of methoxy groups -OCH3 is 1. The summed E-state index contributed by atoms with van der Waals surface area (Å²) >= 11 is 0. The van der Waals surface area contributed by atoms with Crippen molar-refractivity contribution in [1.82, 2.24) is 9.88 Å². The van der Waals surface area contributed by atoms with E-state index in [2.05, 4.69) is 46.3 Å². The first kappa shape index (κ1) is 19.3. The highest BCUT2D eigenvalue weighted by Gasteiger charge is 2.13. The summed E-state index contributed by atoms with van der Waals surface area (Å²) in [6.07, 6.45) is -0.500. The van der Waals surface area contributed by atoms with Crippen LogP contribution >= 0.6 is 0 Å². The Morgan fingerprint density at radius 1 is 0.862 bits per heavy atom. The van der Waals surface area contributed by atoms with Gasteiger partial charge in [-0.05, 0) is 24.3 Å². The Morgan fingerprint density at radius 2 is 1.45 bits per heavy atom. The van der Waals surface area contributed by atoms with E-state index < -0.39 is 6.10 Å². The molecule has 1 atom stereocenters. The van der Waals surface area contributed by atoms with Crippen LogP contribution in [0.3, 0.4) is 0 Å². The minimum Gasteiger partial charge on any atom is -0.493 e. The summed E-state index contributed by atoms with van der Waals surface area (Å²) in [6.45, 7) is 2.18. The van der Waals surface area contributed by atoms with Crippen LogP contribution in [0.4, 0.5) is 0 Å². The Labute approximate surface area is 170 Å². The normalized spacial score (nSPS) is 12.3.